The van der Waals surface area contributed by atoms with Crippen molar-refractivity contribution < 1.29 is 18.0 Å². The summed E-state index contributed by atoms with van der Waals surface area (Å²) in [5.41, 5.74) is 2.09. The van der Waals surface area contributed by atoms with Crippen LogP contribution in [-0.4, -0.2) is 37.2 Å². The first-order valence-electron chi connectivity index (χ1n) is 10.4. The molecule has 7 nitrogen and oxygen atoms in total. The van der Waals surface area contributed by atoms with Crippen molar-refractivity contribution in [3.05, 3.63) is 70.8 Å². The third-order valence-corrected chi connectivity index (χ3v) is 6.04. The van der Waals surface area contributed by atoms with E-state index < -0.39 is 22.7 Å². The Morgan fingerprint density at radius 1 is 1.21 bits per heavy atom. The minimum Gasteiger partial charge on any atom is -0.340 e. The molecule has 1 aliphatic rings. The number of rotatable bonds is 3. The van der Waals surface area contributed by atoms with E-state index in [1.165, 1.54) is 17.0 Å². The molecule has 1 atom stereocenters. The maximum atomic E-state index is 13.5. The maximum absolute atomic E-state index is 13.5. The molecule has 1 N–H and O–H groups in total. The van der Waals surface area contributed by atoms with Crippen LogP contribution in [0.25, 0.3) is 22.8 Å². The molecule has 0 saturated carbocycles. The SMILES string of the molecule is Cc1[nH]c(-c2ccccn2)nc1-c1cnn2c1C(=O)N(c1ccc(C(F)(F)F)c(Cl)c1)CC2C. The van der Waals surface area contributed by atoms with E-state index in [1.54, 1.807) is 23.1 Å². The quantitative estimate of drug-likeness (QED) is 0.412. The van der Waals surface area contributed by atoms with Crippen LogP contribution < -0.4 is 4.90 Å². The summed E-state index contributed by atoms with van der Waals surface area (Å²) in [5.74, 6) is 0.152. The second kappa shape index (κ2) is 7.98. The third-order valence-electron chi connectivity index (χ3n) is 5.72. The molecule has 0 fully saturated rings. The standard InChI is InChI=1S/C23H18ClF3N6O/c1-12-11-32(14-6-7-16(17(24)9-14)23(25,26)27)22(34)20-15(10-29-33(12)20)19-13(2)30-21(31-19)18-5-3-4-8-28-18/h3-10,12H,11H2,1-2H3,(H,30,31). The van der Waals surface area contributed by atoms with E-state index in [0.29, 0.717) is 28.5 Å². The fourth-order valence-electron chi connectivity index (χ4n) is 4.11. The first kappa shape index (κ1) is 22.1. The van der Waals surface area contributed by atoms with Crippen molar-refractivity contribution in [2.75, 3.05) is 11.4 Å². The van der Waals surface area contributed by atoms with Crippen LogP contribution in [0.1, 0.15) is 34.7 Å². The van der Waals surface area contributed by atoms with Gasteiger partial charge in [0, 0.05) is 24.1 Å². The molecular formula is C23H18ClF3N6O. The minimum atomic E-state index is -4.58. The van der Waals surface area contributed by atoms with Gasteiger partial charge in [-0.25, -0.2) is 4.98 Å². The average molecular weight is 487 g/mol. The highest BCUT2D eigenvalue weighted by molar-refractivity contribution is 6.31. The Kier molecular flexibility index (Phi) is 5.20. The molecule has 1 amide bonds. The van der Waals surface area contributed by atoms with Crippen molar-refractivity contribution in [2.24, 2.45) is 0 Å². The second-order valence-electron chi connectivity index (χ2n) is 8.05. The number of hydrogen-bond acceptors (Lipinski definition) is 4. The first-order chi connectivity index (χ1) is 16.1. The molecule has 0 spiro atoms. The number of H-pyrrole nitrogens is 1. The zero-order chi connectivity index (χ0) is 24.2. The van der Waals surface area contributed by atoms with E-state index >= 15 is 0 Å². The Morgan fingerprint density at radius 2 is 2.00 bits per heavy atom. The number of alkyl halides is 3. The Morgan fingerprint density at radius 3 is 2.68 bits per heavy atom. The van der Waals surface area contributed by atoms with Crippen molar-refractivity contribution >= 4 is 23.2 Å². The van der Waals surface area contributed by atoms with Crippen molar-refractivity contribution in [1.29, 1.82) is 0 Å². The average Bonchev–Trinajstić information content (AvgIpc) is 3.40. The molecule has 34 heavy (non-hydrogen) atoms. The molecule has 4 aromatic rings. The van der Waals surface area contributed by atoms with E-state index in [-0.39, 0.29) is 18.3 Å². The van der Waals surface area contributed by atoms with Gasteiger partial charge in [0.25, 0.3) is 5.91 Å². The van der Waals surface area contributed by atoms with Gasteiger partial charge in [-0.05, 0) is 44.2 Å². The Balaban J connectivity index is 1.56. The number of amides is 1. The van der Waals surface area contributed by atoms with Gasteiger partial charge in [-0.2, -0.15) is 18.3 Å². The van der Waals surface area contributed by atoms with Crippen LogP contribution in [0.4, 0.5) is 18.9 Å². The lowest BCUT2D eigenvalue weighted by molar-refractivity contribution is -0.137. The molecular weight excluding hydrogens is 469 g/mol. The number of hydrogen-bond donors (Lipinski definition) is 1. The smallest absolute Gasteiger partial charge is 0.340 e. The largest absolute Gasteiger partial charge is 0.417 e. The minimum absolute atomic E-state index is 0.225. The lowest BCUT2D eigenvalue weighted by atomic mass is 10.1. The predicted octanol–water partition coefficient (Wildman–Crippen LogP) is 5.54. The summed E-state index contributed by atoms with van der Waals surface area (Å²) in [6.45, 7) is 3.94. The lowest BCUT2D eigenvalue weighted by Crippen LogP contribution is -2.42. The number of nitrogens with zero attached hydrogens (tertiary/aromatic N) is 5. The number of aromatic amines is 1. The van der Waals surface area contributed by atoms with E-state index in [9.17, 15) is 18.0 Å². The topological polar surface area (TPSA) is 79.7 Å². The highest BCUT2D eigenvalue weighted by Gasteiger charge is 2.37. The monoisotopic (exact) mass is 486 g/mol. The van der Waals surface area contributed by atoms with Crippen molar-refractivity contribution in [3.63, 3.8) is 0 Å². The molecule has 3 aromatic heterocycles. The van der Waals surface area contributed by atoms with Gasteiger partial charge < -0.3 is 9.88 Å². The van der Waals surface area contributed by atoms with Crippen LogP contribution in [-0.2, 0) is 6.18 Å². The van der Waals surface area contributed by atoms with Crippen LogP contribution in [0, 0.1) is 6.92 Å². The van der Waals surface area contributed by atoms with Gasteiger partial charge in [0.1, 0.15) is 11.4 Å². The van der Waals surface area contributed by atoms with Crippen molar-refractivity contribution in [1.82, 2.24) is 24.7 Å². The van der Waals surface area contributed by atoms with Gasteiger partial charge in [-0.15, -0.1) is 0 Å². The summed E-state index contributed by atoms with van der Waals surface area (Å²) in [4.78, 5) is 27.1. The highest BCUT2D eigenvalue weighted by atomic mass is 35.5. The highest BCUT2D eigenvalue weighted by Crippen LogP contribution is 2.39. The molecule has 0 radical (unpaired) electrons. The Labute approximate surface area is 197 Å². The van der Waals surface area contributed by atoms with E-state index in [4.69, 9.17) is 11.6 Å². The zero-order valence-corrected chi connectivity index (χ0v) is 18.8. The van der Waals surface area contributed by atoms with Gasteiger partial charge in [-0.1, -0.05) is 17.7 Å². The summed E-state index contributed by atoms with van der Waals surface area (Å²) in [7, 11) is 0. The number of carbonyl (C=O) groups excluding carboxylic acids is 1. The number of imidazole rings is 1. The van der Waals surface area contributed by atoms with Crippen molar-refractivity contribution in [2.45, 2.75) is 26.1 Å². The summed E-state index contributed by atoms with van der Waals surface area (Å²) in [6, 6.07) is 8.55. The number of nitrogens with one attached hydrogen (secondary N) is 1. The molecule has 1 aliphatic heterocycles. The van der Waals surface area contributed by atoms with Crippen LogP contribution in [0.3, 0.4) is 0 Å². The first-order valence-corrected chi connectivity index (χ1v) is 10.8. The summed E-state index contributed by atoms with van der Waals surface area (Å²) >= 11 is 5.91. The normalized spacial score (nSPS) is 16.1. The molecule has 174 valence electrons. The Bertz CT molecular complexity index is 1400. The van der Waals surface area contributed by atoms with E-state index in [0.717, 1.165) is 11.8 Å². The molecule has 0 bridgehead atoms. The Hall–Kier alpha value is -3.66. The molecule has 1 unspecified atom stereocenters. The summed E-state index contributed by atoms with van der Waals surface area (Å²) < 4.78 is 41.0. The number of aromatic nitrogens is 5. The predicted molar refractivity (Wildman–Crippen MR) is 121 cm³/mol. The van der Waals surface area contributed by atoms with Gasteiger partial charge in [-0.3, -0.25) is 14.5 Å². The van der Waals surface area contributed by atoms with Gasteiger partial charge >= 0.3 is 6.18 Å². The maximum Gasteiger partial charge on any atom is 0.417 e. The number of benzene rings is 1. The summed E-state index contributed by atoms with van der Waals surface area (Å²) in [6.07, 6.45) is -1.34. The fourth-order valence-corrected chi connectivity index (χ4v) is 4.39. The molecule has 0 saturated heterocycles. The van der Waals surface area contributed by atoms with Crippen LogP contribution in [0.5, 0.6) is 0 Å². The molecule has 4 heterocycles. The molecule has 5 rings (SSSR count). The fraction of sp³-hybridized carbons (Fsp3) is 0.217. The third kappa shape index (κ3) is 3.63. The number of carbonyl (C=O) groups is 1. The molecule has 11 heteroatoms. The number of halogens is 4. The van der Waals surface area contributed by atoms with Gasteiger partial charge in [0.15, 0.2) is 5.82 Å². The zero-order valence-electron chi connectivity index (χ0n) is 18.1. The number of fused-ring (bicyclic) bond motifs is 1. The number of anilines is 1. The summed E-state index contributed by atoms with van der Waals surface area (Å²) in [5, 5.41) is 3.94. The van der Waals surface area contributed by atoms with Gasteiger partial charge in [0.05, 0.1) is 34.1 Å². The number of pyridine rings is 1. The van der Waals surface area contributed by atoms with Crippen molar-refractivity contribution in [3.8, 4) is 22.8 Å². The molecule has 1 aromatic carbocycles. The second-order valence-corrected chi connectivity index (χ2v) is 8.46. The lowest BCUT2D eigenvalue weighted by Gasteiger charge is -2.32. The van der Waals surface area contributed by atoms with E-state index in [1.807, 2.05) is 26.0 Å². The molecule has 0 aliphatic carbocycles. The van der Waals surface area contributed by atoms with Gasteiger partial charge in [0.2, 0.25) is 0 Å². The van der Waals surface area contributed by atoms with Crippen LogP contribution >= 0.6 is 11.6 Å². The number of aryl methyl sites for hydroxylation is 1. The van der Waals surface area contributed by atoms with E-state index in [2.05, 4.69) is 20.1 Å². The van der Waals surface area contributed by atoms with Crippen LogP contribution in [0.2, 0.25) is 5.02 Å². The van der Waals surface area contributed by atoms with Crippen LogP contribution in [0.15, 0.2) is 48.8 Å².